The molecule has 0 saturated carbocycles. The monoisotopic (exact) mass is 347 g/mol. The van der Waals surface area contributed by atoms with Gasteiger partial charge in [-0.3, -0.25) is 14.5 Å². The van der Waals surface area contributed by atoms with Crippen LogP contribution in [-0.2, 0) is 6.54 Å². The van der Waals surface area contributed by atoms with E-state index in [9.17, 15) is 0 Å². The minimum atomic E-state index is 0.327. The first kappa shape index (κ1) is 16.9. The molecule has 0 radical (unpaired) electrons. The molecule has 1 aromatic carbocycles. The summed E-state index contributed by atoms with van der Waals surface area (Å²) in [6.07, 6.45) is 9.88. The molecular formula is C21H25N5. The molecule has 0 amide bonds. The second-order valence-electron chi connectivity index (χ2n) is 7.23. The number of benzene rings is 1. The summed E-state index contributed by atoms with van der Waals surface area (Å²) in [7, 11) is 0. The Kier molecular flexibility index (Phi) is 4.80. The van der Waals surface area contributed by atoms with E-state index in [0.717, 1.165) is 36.8 Å². The van der Waals surface area contributed by atoms with E-state index in [2.05, 4.69) is 63.6 Å². The van der Waals surface area contributed by atoms with Crippen LogP contribution in [0.2, 0.25) is 0 Å². The zero-order valence-corrected chi connectivity index (χ0v) is 15.4. The van der Waals surface area contributed by atoms with Gasteiger partial charge < -0.3 is 0 Å². The van der Waals surface area contributed by atoms with Crippen LogP contribution in [0.3, 0.4) is 0 Å². The molecule has 1 fully saturated rings. The van der Waals surface area contributed by atoms with E-state index >= 15 is 0 Å². The zero-order chi connectivity index (χ0) is 17.9. The van der Waals surface area contributed by atoms with Gasteiger partial charge in [0.15, 0.2) is 5.82 Å². The van der Waals surface area contributed by atoms with E-state index in [1.807, 2.05) is 24.8 Å². The summed E-state index contributed by atoms with van der Waals surface area (Å²) >= 11 is 0. The van der Waals surface area contributed by atoms with Crippen molar-refractivity contribution in [1.29, 1.82) is 0 Å². The molecule has 0 aliphatic carbocycles. The highest BCUT2D eigenvalue weighted by Gasteiger charge is 2.27. The van der Waals surface area contributed by atoms with Gasteiger partial charge in [-0.15, -0.1) is 0 Å². The maximum Gasteiger partial charge on any atom is 0.156 e. The van der Waals surface area contributed by atoms with Crippen molar-refractivity contribution in [3.63, 3.8) is 0 Å². The maximum atomic E-state index is 4.95. The summed E-state index contributed by atoms with van der Waals surface area (Å²) in [6, 6.07) is 11.0. The lowest BCUT2D eigenvalue weighted by molar-refractivity contribution is 0.244. The Morgan fingerprint density at radius 2 is 2.00 bits per heavy atom. The molecule has 1 saturated heterocycles. The highest BCUT2D eigenvalue weighted by Crippen LogP contribution is 2.32. The predicted molar refractivity (Wildman–Crippen MR) is 102 cm³/mol. The van der Waals surface area contributed by atoms with E-state index in [1.165, 1.54) is 12.0 Å². The Hall–Kier alpha value is -2.53. The molecule has 0 spiro atoms. The van der Waals surface area contributed by atoms with Crippen LogP contribution in [0.5, 0.6) is 0 Å². The van der Waals surface area contributed by atoms with Crippen LogP contribution in [0.15, 0.2) is 55.1 Å². The Morgan fingerprint density at radius 3 is 2.81 bits per heavy atom. The number of nitrogens with zero attached hydrogens (tertiary/aromatic N) is 5. The van der Waals surface area contributed by atoms with E-state index in [1.54, 1.807) is 0 Å². The minimum Gasteiger partial charge on any atom is -0.290 e. The SMILES string of the molecule is CC(C)c1nccn1-c1cncc([C@H]2CCCN2Cc2ccccc2)n1. The summed E-state index contributed by atoms with van der Waals surface area (Å²) in [4.78, 5) is 16.4. The number of rotatable bonds is 5. The van der Waals surface area contributed by atoms with Gasteiger partial charge in [-0.2, -0.15) is 0 Å². The molecule has 4 rings (SSSR count). The van der Waals surface area contributed by atoms with Gasteiger partial charge >= 0.3 is 0 Å². The third kappa shape index (κ3) is 3.40. The first-order chi connectivity index (χ1) is 12.7. The van der Waals surface area contributed by atoms with Crippen molar-refractivity contribution in [2.24, 2.45) is 0 Å². The quantitative estimate of drug-likeness (QED) is 0.696. The summed E-state index contributed by atoms with van der Waals surface area (Å²) in [5, 5.41) is 0. The van der Waals surface area contributed by atoms with Gasteiger partial charge in [0.2, 0.25) is 0 Å². The fourth-order valence-electron chi connectivity index (χ4n) is 3.75. The van der Waals surface area contributed by atoms with Gasteiger partial charge in [-0.05, 0) is 24.9 Å². The molecule has 26 heavy (non-hydrogen) atoms. The van der Waals surface area contributed by atoms with Gasteiger partial charge in [0.05, 0.1) is 24.1 Å². The average Bonchev–Trinajstić information content (AvgIpc) is 3.32. The van der Waals surface area contributed by atoms with Crippen LogP contribution in [0, 0.1) is 0 Å². The molecule has 0 bridgehead atoms. The maximum absolute atomic E-state index is 4.95. The summed E-state index contributed by atoms with van der Waals surface area (Å²) in [6.45, 7) is 6.36. The molecule has 1 aliphatic rings. The fraction of sp³-hybridized carbons (Fsp3) is 0.381. The van der Waals surface area contributed by atoms with Gasteiger partial charge in [0.1, 0.15) is 5.82 Å². The largest absolute Gasteiger partial charge is 0.290 e. The topological polar surface area (TPSA) is 46.8 Å². The number of hydrogen-bond acceptors (Lipinski definition) is 4. The molecule has 2 aromatic heterocycles. The van der Waals surface area contributed by atoms with Gasteiger partial charge in [0, 0.05) is 24.9 Å². The second-order valence-corrected chi connectivity index (χ2v) is 7.23. The number of imidazole rings is 1. The van der Waals surface area contributed by atoms with Gasteiger partial charge in [-0.25, -0.2) is 9.97 Å². The highest BCUT2D eigenvalue weighted by atomic mass is 15.2. The number of likely N-dealkylation sites (tertiary alicyclic amines) is 1. The summed E-state index contributed by atoms with van der Waals surface area (Å²) < 4.78 is 2.05. The van der Waals surface area contributed by atoms with Crippen molar-refractivity contribution in [3.05, 3.63) is 72.2 Å². The van der Waals surface area contributed by atoms with E-state index in [-0.39, 0.29) is 0 Å². The summed E-state index contributed by atoms with van der Waals surface area (Å²) in [5.74, 6) is 2.22. The van der Waals surface area contributed by atoms with Crippen LogP contribution in [0.25, 0.3) is 5.82 Å². The number of aromatic nitrogens is 4. The first-order valence-electron chi connectivity index (χ1n) is 9.36. The van der Waals surface area contributed by atoms with E-state index in [0.29, 0.717) is 12.0 Å². The Morgan fingerprint density at radius 1 is 1.15 bits per heavy atom. The smallest absolute Gasteiger partial charge is 0.156 e. The van der Waals surface area contributed by atoms with Crippen molar-refractivity contribution in [1.82, 2.24) is 24.4 Å². The number of hydrogen-bond donors (Lipinski definition) is 0. The van der Waals surface area contributed by atoms with Crippen molar-refractivity contribution >= 4 is 0 Å². The van der Waals surface area contributed by atoms with Crippen molar-refractivity contribution in [2.75, 3.05) is 6.54 Å². The molecule has 5 heteroatoms. The Bertz CT molecular complexity index is 856. The lowest BCUT2D eigenvalue weighted by atomic mass is 10.1. The predicted octanol–water partition coefficient (Wildman–Crippen LogP) is 4.12. The Labute approximate surface area is 154 Å². The van der Waals surface area contributed by atoms with Crippen LogP contribution < -0.4 is 0 Å². The molecule has 1 aliphatic heterocycles. The zero-order valence-electron chi connectivity index (χ0n) is 15.4. The highest BCUT2D eigenvalue weighted by molar-refractivity contribution is 5.25. The second kappa shape index (κ2) is 7.38. The molecule has 0 N–H and O–H groups in total. The first-order valence-corrected chi connectivity index (χ1v) is 9.36. The van der Waals surface area contributed by atoms with Crippen LogP contribution in [0.4, 0.5) is 0 Å². The lowest BCUT2D eigenvalue weighted by Gasteiger charge is -2.24. The molecule has 3 aromatic rings. The standard InChI is InChI=1S/C21H25N5/c1-16(2)21-23-10-12-26(21)20-14-22-13-18(24-20)19-9-6-11-25(19)15-17-7-4-3-5-8-17/h3-5,7-8,10,12-14,16,19H,6,9,11,15H2,1-2H3/t19-/m1/s1. The van der Waals surface area contributed by atoms with Crippen molar-refractivity contribution in [3.8, 4) is 5.82 Å². The molecular weight excluding hydrogens is 322 g/mol. The van der Waals surface area contributed by atoms with E-state index < -0.39 is 0 Å². The van der Waals surface area contributed by atoms with Crippen LogP contribution in [-0.4, -0.2) is 31.0 Å². The third-order valence-corrected chi connectivity index (χ3v) is 5.01. The van der Waals surface area contributed by atoms with Crippen molar-refractivity contribution < 1.29 is 0 Å². The molecule has 3 heterocycles. The van der Waals surface area contributed by atoms with Crippen LogP contribution >= 0.6 is 0 Å². The molecule has 134 valence electrons. The lowest BCUT2D eigenvalue weighted by Crippen LogP contribution is -2.24. The summed E-state index contributed by atoms with van der Waals surface area (Å²) in [5.41, 5.74) is 2.40. The fourth-order valence-corrected chi connectivity index (χ4v) is 3.75. The van der Waals surface area contributed by atoms with Crippen LogP contribution in [0.1, 0.15) is 55.7 Å². The molecule has 1 atom stereocenters. The van der Waals surface area contributed by atoms with Crippen molar-refractivity contribution in [2.45, 2.75) is 45.2 Å². The molecule has 0 unspecified atom stereocenters. The third-order valence-electron chi connectivity index (χ3n) is 5.01. The average molecular weight is 347 g/mol. The minimum absolute atomic E-state index is 0.327. The van der Waals surface area contributed by atoms with E-state index in [4.69, 9.17) is 4.98 Å². The van der Waals surface area contributed by atoms with Gasteiger partial charge in [0.25, 0.3) is 0 Å². The Balaban J connectivity index is 1.60. The molecule has 5 nitrogen and oxygen atoms in total. The van der Waals surface area contributed by atoms with Gasteiger partial charge in [-0.1, -0.05) is 44.2 Å². The normalized spacial score (nSPS) is 17.9.